The summed E-state index contributed by atoms with van der Waals surface area (Å²) in [6, 6.07) is 3.88. The highest BCUT2D eigenvalue weighted by molar-refractivity contribution is 9.09. The molecule has 0 saturated heterocycles. The van der Waals surface area contributed by atoms with E-state index in [-0.39, 0.29) is 23.4 Å². The van der Waals surface area contributed by atoms with Crippen molar-refractivity contribution in [3.8, 4) is 0 Å². The molecule has 0 bridgehead atoms. The molecule has 0 atom stereocenters. The van der Waals surface area contributed by atoms with Crippen LogP contribution in [0.1, 0.15) is 24.8 Å². The summed E-state index contributed by atoms with van der Waals surface area (Å²) in [6.07, 6.45) is 2.81. The number of amides is 1. The number of hydrogen-bond donors (Lipinski definition) is 1. The molecule has 0 radical (unpaired) electrons. The predicted molar refractivity (Wildman–Crippen MR) is 68.6 cm³/mol. The van der Waals surface area contributed by atoms with Gasteiger partial charge >= 0.3 is 0 Å². The molecule has 5 heteroatoms. The van der Waals surface area contributed by atoms with Crippen molar-refractivity contribution in [2.75, 3.05) is 5.33 Å². The molecule has 0 aliphatic heterocycles. The van der Waals surface area contributed by atoms with Crippen LogP contribution < -0.4 is 5.32 Å². The third kappa shape index (κ3) is 2.71. The van der Waals surface area contributed by atoms with Crippen molar-refractivity contribution in [3.63, 3.8) is 0 Å². The molecule has 0 aromatic heterocycles. The van der Waals surface area contributed by atoms with E-state index >= 15 is 0 Å². The van der Waals surface area contributed by atoms with Gasteiger partial charge < -0.3 is 5.32 Å². The van der Waals surface area contributed by atoms with Crippen LogP contribution in [-0.2, 0) is 11.2 Å². The molecule has 1 aliphatic carbocycles. The highest BCUT2D eigenvalue weighted by atomic mass is 79.9. The maximum Gasteiger partial charge on any atom is 0.224 e. The Balaban J connectivity index is 2.01. The Morgan fingerprint density at radius 1 is 1.39 bits per heavy atom. The highest BCUT2D eigenvalue weighted by Crippen LogP contribution is 2.33. The molecule has 1 fully saturated rings. The summed E-state index contributed by atoms with van der Waals surface area (Å²) >= 11 is 3.37. The Bertz CT molecular complexity index is 455. The van der Waals surface area contributed by atoms with Gasteiger partial charge in [0.05, 0.1) is 6.42 Å². The molecule has 0 unspecified atom stereocenters. The summed E-state index contributed by atoms with van der Waals surface area (Å²) in [6.45, 7) is 0. The van der Waals surface area contributed by atoms with Gasteiger partial charge in [0.2, 0.25) is 5.91 Å². The number of rotatable bonds is 4. The molecule has 0 spiro atoms. The molecule has 1 amide bonds. The first-order valence-corrected chi connectivity index (χ1v) is 6.98. The van der Waals surface area contributed by atoms with Crippen molar-refractivity contribution >= 4 is 21.8 Å². The largest absolute Gasteiger partial charge is 0.350 e. The molecule has 1 aromatic rings. The molecule has 2 rings (SSSR count). The smallest absolute Gasteiger partial charge is 0.224 e. The van der Waals surface area contributed by atoms with Crippen molar-refractivity contribution in [2.24, 2.45) is 0 Å². The Labute approximate surface area is 113 Å². The zero-order valence-electron chi connectivity index (χ0n) is 9.81. The third-order valence-corrected chi connectivity index (χ3v) is 4.43. The summed E-state index contributed by atoms with van der Waals surface area (Å²) in [5.41, 5.74) is -0.0995. The van der Waals surface area contributed by atoms with Gasteiger partial charge in [-0.3, -0.25) is 4.79 Å². The topological polar surface area (TPSA) is 29.1 Å². The molecule has 1 saturated carbocycles. The normalized spacial score (nSPS) is 17.1. The highest BCUT2D eigenvalue weighted by Gasteiger charge is 2.37. The quantitative estimate of drug-likeness (QED) is 0.850. The fourth-order valence-corrected chi connectivity index (χ4v) is 2.79. The summed E-state index contributed by atoms with van der Waals surface area (Å²) in [5.74, 6) is -2.12. The van der Waals surface area contributed by atoms with Gasteiger partial charge in [-0.05, 0) is 25.3 Å². The van der Waals surface area contributed by atoms with E-state index in [4.69, 9.17) is 0 Å². The average Bonchev–Trinajstić information content (AvgIpc) is 2.30. The van der Waals surface area contributed by atoms with Crippen LogP contribution in [0.15, 0.2) is 18.2 Å². The van der Waals surface area contributed by atoms with Gasteiger partial charge in [-0.1, -0.05) is 28.1 Å². The predicted octanol–water partition coefficient (Wildman–Crippen LogP) is 2.94. The second kappa shape index (κ2) is 5.34. The number of hydrogen-bond acceptors (Lipinski definition) is 1. The van der Waals surface area contributed by atoms with Gasteiger partial charge in [-0.25, -0.2) is 8.78 Å². The number of benzene rings is 1. The van der Waals surface area contributed by atoms with Crippen LogP contribution in [0.2, 0.25) is 0 Å². The lowest BCUT2D eigenvalue weighted by Gasteiger charge is -2.41. The van der Waals surface area contributed by atoms with Crippen molar-refractivity contribution < 1.29 is 13.6 Å². The average molecular weight is 318 g/mol. The molecule has 18 heavy (non-hydrogen) atoms. The van der Waals surface area contributed by atoms with Crippen molar-refractivity contribution in [3.05, 3.63) is 35.4 Å². The van der Waals surface area contributed by atoms with Gasteiger partial charge in [-0.2, -0.15) is 0 Å². The first kappa shape index (κ1) is 13.5. The van der Waals surface area contributed by atoms with Gasteiger partial charge in [0.15, 0.2) is 11.6 Å². The first-order valence-electron chi connectivity index (χ1n) is 5.86. The van der Waals surface area contributed by atoms with Gasteiger partial charge in [0, 0.05) is 16.4 Å². The maximum absolute atomic E-state index is 13.4. The van der Waals surface area contributed by atoms with Gasteiger partial charge in [0.1, 0.15) is 0 Å². The van der Waals surface area contributed by atoms with Gasteiger partial charge in [0.25, 0.3) is 0 Å². The van der Waals surface area contributed by atoms with E-state index in [1.807, 2.05) is 0 Å². The van der Waals surface area contributed by atoms with Crippen molar-refractivity contribution in [2.45, 2.75) is 31.2 Å². The van der Waals surface area contributed by atoms with E-state index in [9.17, 15) is 13.6 Å². The van der Waals surface area contributed by atoms with E-state index in [1.54, 1.807) is 0 Å². The maximum atomic E-state index is 13.4. The molecule has 1 aliphatic rings. The molecule has 0 heterocycles. The van der Waals surface area contributed by atoms with Crippen LogP contribution in [0.25, 0.3) is 0 Å². The van der Waals surface area contributed by atoms with E-state index in [1.165, 1.54) is 12.1 Å². The second-order valence-corrected chi connectivity index (χ2v) is 5.27. The van der Waals surface area contributed by atoms with Crippen molar-refractivity contribution in [1.29, 1.82) is 0 Å². The van der Waals surface area contributed by atoms with Crippen LogP contribution in [0, 0.1) is 11.6 Å². The van der Waals surface area contributed by atoms with Gasteiger partial charge in [-0.15, -0.1) is 0 Å². The lowest BCUT2D eigenvalue weighted by molar-refractivity contribution is -0.123. The van der Waals surface area contributed by atoms with E-state index in [2.05, 4.69) is 21.2 Å². The SMILES string of the molecule is O=C(Cc1cccc(F)c1F)NC1(CBr)CCC1. The number of carbonyl (C=O) groups excluding carboxylic acids is 1. The summed E-state index contributed by atoms with van der Waals surface area (Å²) in [5, 5.41) is 3.59. The van der Waals surface area contributed by atoms with Crippen LogP contribution in [0.4, 0.5) is 8.78 Å². The second-order valence-electron chi connectivity index (χ2n) is 4.71. The Hall–Kier alpha value is -0.970. The minimum Gasteiger partial charge on any atom is -0.350 e. The molecular weight excluding hydrogens is 304 g/mol. The number of halogens is 3. The van der Waals surface area contributed by atoms with Crippen molar-refractivity contribution in [1.82, 2.24) is 5.32 Å². The number of carbonyl (C=O) groups is 1. The van der Waals surface area contributed by atoms with E-state index in [0.29, 0.717) is 5.33 Å². The summed E-state index contributed by atoms with van der Waals surface area (Å²) in [4.78, 5) is 11.8. The lowest BCUT2D eigenvalue weighted by Crippen LogP contribution is -2.55. The minimum atomic E-state index is -0.936. The standard InChI is InChI=1S/C13H14BrF2NO/c14-8-13(5-2-6-13)17-11(18)7-9-3-1-4-10(15)12(9)16/h1,3-4H,2,5-8H2,(H,17,18). The fourth-order valence-electron chi connectivity index (χ4n) is 2.09. The molecule has 98 valence electrons. The third-order valence-electron chi connectivity index (χ3n) is 3.35. The number of nitrogens with one attached hydrogen (secondary N) is 1. The van der Waals surface area contributed by atoms with Crippen LogP contribution in [0.5, 0.6) is 0 Å². The Kier molecular flexibility index (Phi) is 4.00. The Morgan fingerprint density at radius 2 is 2.11 bits per heavy atom. The molecule has 1 aromatic carbocycles. The minimum absolute atomic E-state index is 0.0940. The fraction of sp³-hybridized carbons (Fsp3) is 0.462. The Morgan fingerprint density at radius 3 is 2.67 bits per heavy atom. The molecule has 2 nitrogen and oxygen atoms in total. The zero-order valence-corrected chi connectivity index (χ0v) is 11.4. The lowest BCUT2D eigenvalue weighted by atomic mass is 9.78. The van der Waals surface area contributed by atoms with Crippen LogP contribution >= 0.6 is 15.9 Å². The van der Waals surface area contributed by atoms with Crippen LogP contribution in [0.3, 0.4) is 0 Å². The molecular formula is C13H14BrF2NO. The van der Waals surface area contributed by atoms with Crippen LogP contribution in [-0.4, -0.2) is 16.8 Å². The zero-order chi connectivity index (χ0) is 13.2. The summed E-state index contributed by atoms with van der Waals surface area (Å²) < 4.78 is 26.4. The first-order chi connectivity index (χ1) is 8.56. The van der Waals surface area contributed by atoms with E-state index in [0.717, 1.165) is 25.3 Å². The molecule has 1 N–H and O–H groups in total. The van der Waals surface area contributed by atoms with E-state index < -0.39 is 11.6 Å². The number of alkyl halides is 1. The summed E-state index contributed by atoms with van der Waals surface area (Å²) in [7, 11) is 0. The monoisotopic (exact) mass is 317 g/mol.